The number of ether oxygens (including phenoxy) is 2. The summed E-state index contributed by atoms with van der Waals surface area (Å²) in [6, 6.07) is 0. The number of hydrogen-bond acceptors (Lipinski definition) is 4. The lowest BCUT2D eigenvalue weighted by atomic mass is 9.83. The Kier molecular flexibility index (Phi) is 9.60. The number of esters is 2. The molecular weight excluding hydrogens is 280 g/mol. The Hall–Kier alpha value is -1.32. The molecule has 1 rings (SSSR count). The standard InChI is InChI=1S/C18H30O4/c1-3-5-6-7-8-11-14-22-18(20)16-13-10-9-12-15(16)17(19)21-4-2/h9-10,15-16H,3-8,11-14H2,1-2H3. The van der Waals surface area contributed by atoms with Gasteiger partial charge >= 0.3 is 11.9 Å². The normalized spacial score (nSPS) is 20.6. The highest BCUT2D eigenvalue weighted by Crippen LogP contribution is 2.28. The molecule has 2 atom stereocenters. The van der Waals surface area contributed by atoms with E-state index < -0.39 is 0 Å². The van der Waals surface area contributed by atoms with Gasteiger partial charge in [-0.25, -0.2) is 0 Å². The molecule has 1 aliphatic rings. The third-order valence-corrected chi connectivity index (χ3v) is 4.07. The Labute approximate surface area is 134 Å². The number of carbonyl (C=O) groups excluding carboxylic acids is 2. The first kappa shape index (κ1) is 18.7. The maximum atomic E-state index is 12.2. The Balaban J connectivity index is 2.30. The molecule has 0 radical (unpaired) electrons. The van der Waals surface area contributed by atoms with Crippen LogP contribution in [0.5, 0.6) is 0 Å². The highest BCUT2D eigenvalue weighted by atomic mass is 16.5. The van der Waals surface area contributed by atoms with Gasteiger partial charge in [0.05, 0.1) is 25.0 Å². The predicted molar refractivity (Wildman–Crippen MR) is 86.3 cm³/mol. The van der Waals surface area contributed by atoms with Gasteiger partial charge < -0.3 is 9.47 Å². The lowest BCUT2D eigenvalue weighted by Crippen LogP contribution is -2.33. The maximum absolute atomic E-state index is 12.2. The van der Waals surface area contributed by atoms with Crippen molar-refractivity contribution in [3.63, 3.8) is 0 Å². The van der Waals surface area contributed by atoms with Gasteiger partial charge in [-0.1, -0.05) is 51.2 Å². The zero-order chi connectivity index (χ0) is 16.2. The number of unbranched alkanes of at least 4 members (excludes halogenated alkanes) is 5. The molecule has 0 saturated heterocycles. The first-order valence-corrected chi connectivity index (χ1v) is 8.69. The summed E-state index contributed by atoms with van der Waals surface area (Å²) in [6.45, 7) is 4.78. The van der Waals surface area contributed by atoms with Crippen LogP contribution in [0.1, 0.15) is 65.2 Å². The molecule has 0 aliphatic heterocycles. The lowest BCUT2D eigenvalue weighted by molar-refractivity contribution is -0.160. The van der Waals surface area contributed by atoms with E-state index in [1.165, 1.54) is 25.7 Å². The highest BCUT2D eigenvalue weighted by molar-refractivity contribution is 5.82. The highest BCUT2D eigenvalue weighted by Gasteiger charge is 2.36. The average molecular weight is 310 g/mol. The average Bonchev–Trinajstić information content (AvgIpc) is 2.54. The first-order chi connectivity index (χ1) is 10.7. The Morgan fingerprint density at radius 3 is 2.00 bits per heavy atom. The zero-order valence-electron chi connectivity index (χ0n) is 14.0. The van der Waals surface area contributed by atoms with Crippen molar-refractivity contribution in [2.45, 2.75) is 65.2 Å². The van der Waals surface area contributed by atoms with Crippen molar-refractivity contribution in [1.29, 1.82) is 0 Å². The Bertz CT molecular complexity index is 362. The molecule has 0 heterocycles. The fraction of sp³-hybridized carbons (Fsp3) is 0.778. The summed E-state index contributed by atoms with van der Waals surface area (Å²) in [7, 11) is 0. The van der Waals surface area contributed by atoms with E-state index in [0.29, 0.717) is 26.1 Å². The molecule has 4 heteroatoms. The quantitative estimate of drug-likeness (QED) is 0.347. The van der Waals surface area contributed by atoms with Crippen molar-refractivity contribution in [1.82, 2.24) is 0 Å². The molecule has 0 saturated carbocycles. The summed E-state index contributed by atoms with van der Waals surface area (Å²) in [5, 5.41) is 0. The van der Waals surface area contributed by atoms with Gasteiger partial charge in [-0.3, -0.25) is 9.59 Å². The molecule has 22 heavy (non-hydrogen) atoms. The number of hydrogen-bond donors (Lipinski definition) is 0. The van der Waals surface area contributed by atoms with Gasteiger partial charge in [-0.2, -0.15) is 0 Å². The third kappa shape index (κ3) is 6.63. The van der Waals surface area contributed by atoms with E-state index in [1.807, 2.05) is 12.2 Å². The van der Waals surface area contributed by atoms with Crippen molar-refractivity contribution in [2.75, 3.05) is 13.2 Å². The van der Waals surface area contributed by atoms with E-state index in [2.05, 4.69) is 6.92 Å². The van der Waals surface area contributed by atoms with Gasteiger partial charge in [-0.05, 0) is 26.2 Å². The van der Waals surface area contributed by atoms with Crippen LogP contribution in [0, 0.1) is 11.8 Å². The number of rotatable bonds is 10. The van der Waals surface area contributed by atoms with Crippen LogP contribution in [-0.2, 0) is 19.1 Å². The molecule has 0 fully saturated rings. The van der Waals surface area contributed by atoms with Gasteiger partial charge in [-0.15, -0.1) is 0 Å². The third-order valence-electron chi connectivity index (χ3n) is 4.07. The molecule has 0 N–H and O–H groups in total. The predicted octanol–water partition coefficient (Wildman–Crippen LogP) is 4.04. The van der Waals surface area contributed by atoms with E-state index in [0.717, 1.165) is 12.8 Å². The monoisotopic (exact) mass is 310 g/mol. The molecule has 0 amide bonds. The van der Waals surface area contributed by atoms with Crippen LogP contribution < -0.4 is 0 Å². The molecule has 0 aromatic rings. The molecule has 126 valence electrons. The minimum absolute atomic E-state index is 0.254. The van der Waals surface area contributed by atoms with E-state index in [4.69, 9.17) is 9.47 Å². The second-order valence-corrected chi connectivity index (χ2v) is 5.84. The second-order valence-electron chi connectivity index (χ2n) is 5.84. The van der Waals surface area contributed by atoms with Crippen LogP contribution in [0.15, 0.2) is 12.2 Å². The molecule has 0 spiro atoms. The molecule has 0 bridgehead atoms. The second kappa shape index (κ2) is 11.3. The van der Waals surface area contributed by atoms with E-state index in [9.17, 15) is 9.59 Å². The summed E-state index contributed by atoms with van der Waals surface area (Å²) in [5.41, 5.74) is 0. The van der Waals surface area contributed by atoms with Gasteiger partial charge in [0.25, 0.3) is 0 Å². The van der Waals surface area contributed by atoms with Crippen molar-refractivity contribution >= 4 is 11.9 Å². The Morgan fingerprint density at radius 1 is 0.864 bits per heavy atom. The van der Waals surface area contributed by atoms with Crippen molar-refractivity contribution < 1.29 is 19.1 Å². The molecule has 1 aliphatic carbocycles. The van der Waals surface area contributed by atoms with Gasteiger partial charge in [0.2, 0.25) is 0 Å². The fourth-order valence-corrected chi connectivity index (χ4v) is 2.75. The van der Waals surface area contributed by atoms with Crippen molar-refractivity contribution in [3.05, 3.63) is 12.2 Å². The van der Waals surface area contributed by atoms with Crippen LogP contribution in [0.3, 0.4) is 0 Å². The molecule has 0 aromatic heterocycles. The van der Waals surface area contributed by atoms with Crippen LogP contribution in [-0.4, -0.2) is 25.2 Å². The van der Waals surface area contributed by atoms with Crippen LogP contribution in [0.2, 0.25) is 0 Å². The van der Waals surface area contributed by atoms with Crippen LogP contribution in [0.25, 0.3) is 0 Å². The molecular formula is C18H30O4. The van der Waals surface area contributed by atoms with E-state index >= 15 is 0 Å². The lowest BCUT2D eigenvalue weighted by Gasteiger charge is -2.25. The minimum atomic E-state index is -0.387. The summed E-state index contributed by atoms with van der Waals surface area (Å²) in [5.74, 6) is -1.31. The first-order valence-electron chi connectivity index (χ1n) is 8.69. The maximum Gasteiger partial charge on any atom is 0.310 e. The topological polar surface area (TPSA) is 52.6 Å². The zero-order valence-corrected chi connectivity index (χ0v) is 14.0. The molecule has 2 unspecified atom stereocenters. The van der Waals surface area contributed by atoms with Crippen molar-refractivity contribution in [2.24, 2.45) is 11.8 Å². The Morgan fingerprint density at radius 2 is 1.41 bits per heavy atom. The summed E-state index contributed by atoms with van der Waals surface area (Å²) in [4.78, 5) is 24.1. The van der Waals surface area contributed by atoms with Crippen LogP contribution in [0.4, 0.5) is 0 Å². The van der Waals surface area contributed by atoms with Gasteiger partial charge in [0.1, 0.15) is 0 Å². The SMILES string of the molecule is CCCCCCCCOC(=O)C1CC=CCC1C(=O)OCC. The fourth-order valence-electron chi connectivity index (χ4n) is 2.75. The summed E-state index contributed by atoms with van der Waals surface area (Å²) >= 11 is 0. The van der Waals surface area contributed by atoms with Gasteiger partial charge in [0, 0.05) is 0 Å². The summed E-state index contributed by atoms with van der Waals surface area (Å²) < 4.78 is 10.4. The van der Waals surface area contributed by atoms with E-state index in [-0.39, 0.29) is 23.8 Å². The molecule has 4 nitrogen and oxygen atoms in total. The number of allylic oxidation sites excluding steroid dienone is 2. The smallest absolute Gasteiger partial charge is 0.310 e. The van der Waals surface area contributed by atoms with Crippen LogP contribution >= 0.6 is 0 Å². The largest absolute Gasteiger partial charge is 0.466 e. The minimum Gasteiger partial charge on any atom is -0.466 e. The summed E-state index contributed by atoms with van der Waals surface area (Å²) in [6.07, 6.45) is 12.0. The van der Waals surface area contributed by atoms with Gasteiger partial charge in [0.15, 0.2) is 0 Å². The number of carbonyl (C=O) groups is 2. The molecule has 0 aromatic carbocycles. The van der Waals surface area contributed by atoms with Crippen molar-refractivity contribution in [3.8, 4) is 0 Å². The van der Waals surface area contributed by atoms with E-state index in [1.54, 1.807) is 6.92 Å².